The third kappa shape index (κ3) is 3.66. The fourth-order valence-corrected chi connectivity index (χ4v) is 4.44. The molecule has 1 aliphatic heterocycles. The zero-order valence-electron chi connectivity index (χ0n) is 15.8. The highest BCUT2D eigenvalue weighted by atomic mass is 32.2. The summed E-state index contributed by atoms with van der Waals surface area (Å²) in [5.41, 5.74) is 3.21. The number of nitrogens with zero attached hydrogens (tertiary/aromatic N) is 3. The molecule has 0 spiro atoms. The van der Waals surface area contributed by atoms with Crippen molar-refractivity contribution in [3.63, 3.8) is 0 Å². The first-order valence-electron chi connectivity index (χ1n) is 9.44. The molecule has 0 bridgehead atoms. The fraction of sp³-hybridized carbons (Fsp3) is 0.364. The molecule has 0 aliphatic carbocycles. The zero-order chi connectivity index (χ0) is 18.8. The normalized spacial score (nSPS) is 16.6. The summed E-state index contributed by atoms with van der Waals surface area (Å²) >= 11 is 1.74. The average molecular weight is 380 g/mol. The standard InChI is InChI=1S/C22H25N3OS/c1-15-5-3-4-6-18(15)21(26)16-9-11-25(12-10-16)22-19-13-17(27-2)7-8-20(19)23-14-24-22/h3-8,13-14,16,21,26H,9-12H2,1-2H3. The molecule has 2 aromatic carbocycles. The molecule has 1 saturated heterocycles. The SMILES string of the molecule is CSc1ccc2ncnc(N3CCC(C(O)c4ccccc4C)CC3)c2c1. The van der Waals surface area contributed by atoms with E-state index in [0.717, 1.165) is 48.2 Å². The maximum atomic E-state index is 10.9. The van der Waals surface area contributed by atoms with E-state index in [1.54, 1.807) is 18.1 Å². The van der Waals surface area contributed by atoms with Crippen molar-refractivity contribution >= 4 is 28.5 Å². The summed E-state index contributed by atoms with van der Waals surface area (Å²) in [7, 11) is 0. The lowest BCUT2D eigenvalue weighted by Crippen LogP contribution is -2.36. The summed E-state index contributed by atoms with van der Waals surface area (Å²) in [6.07, 6.45) is 5.28. The second-order valence-electron chi connectivity index (χ2n) is 7.21. The fourth-order valence-electron chi connectivity index (χ4n) is 4.00. The van der Waals surface area contributed by atoms with Crippen LogP contribution < -0.4 is 4.90 Å². The highest BCUT2D eigenvalue weighted by molar-refractivity contribution is 7.98. The number of aliphatic hydroxyl groups is 1. The Hall–Kier alpha value is -2.11. The molecule has 3 aromatic rings. The molecule has 1 aliphatic rings. The van der Waals surface area contributed by atoms with Crippen LogP contribution in [0.3, 0.4) is 0 Å². The van der Waals surface area contributed by atoms with Crippen LogP contribution in [0.5, 0.6) is 0 Å². The van der Waals surface area contributed by atoms with Crippen molar-refractivity contribution in [1.82, 2.24) is 9.97 Å². The lowest BCUT2D eigenvalue weighted by molar-refractivity contribution is 0.0923. The van der Waals surface area contributed by atoms with Crippen LogP contribution in [0.2, 0.25) is 0 Å². The number of benzene rings is 2. The van der Waals surface area contributed by atoms with Crippen LogP contribution in [-0.2, 0) is 0 Å². The predicted octanol–water partition coefficient (Wildman–Crippen LogP) is 4.61. The number of thioether (sulfide) groups is 1. The van der Waals surface area contributed by atoms with E-state index in [1.807, 2.05) is 18.2 Å². The van der Waals surface area contributed by atoms with Crippen LogP contribution in [0.15, 0.2) is 53.7 Å². The van der Waals surface area contributed by atoms with Gasteiger partial charge >= 0.3 is 0 Å². The quantitative estimate of drug-likeness (QED) is 0.671. The second-order valence-corrected chi connectivity index (χ2v) is 8.09. The van der Waals surface area contributed by atoms with Crippen molar-refractivity contribution < 1.29 is 5.11 Å². The topological polar surface area (TPSA) is 49.2 Å². The van der Waals surface area contributed by atoms with E-state index >= 15 is 0 Å². The van der Waals surface area contributed by atoms with Gasteiger partial charge in [-0.1, -0.05) is 24.3 Å². The summed E-state index contributed by atoms with van der Waals surface area (Å²) in [6.45, 7) is 3.89. The molecule has 2 heterocycles. The third-order valence-electron chi connectivity index (χ3n) is 5.61. The van der Waals surface area contributed by atoms with Gasteiger partial charge in [0.25, 0.3) is 0 Å². The van der Waals surface area contributed by atoms with Crippen LogP contribution in [0.25, 0.3) is 10.9 Å². The Kier molecular flexibility index (Phi) is 5.32. The Morgan fingerprint density at radius 1 is 1.11 bits per heavy atom. The van der Waals surface area contributed by atoms with Crippen LogP contribution in [-0.4, -0.2) is 34.4 Å². The van der Waals surface area contributed by atoms with E-state index in [1.165, 1.54) is 10.5 Å². The summed E-state index contributed by atoms with van der Waals surface area (Å²) in [5.74, 6) is 1.30. The molecule has 0 saturated carbocycles. The number of rotatable bonds is 4. The van der Waals surface area contributed by atoms with E-state index < -0.39 is 6.10 Å². The smallest absolute Gasteiger partial charge is 0.139 e. The van der Waals surface area contributed by atoms with Crippen molar-refractivity contribution in [2.45, 2.75) is 30.8 Å². The Morgan fingerprint density at radius 2 is 1.89 bits per heavy atom. The molecule has 1 aromatic heterocycles. The molecular weight excluding hydrogens is 354 g/mol. The minimum atomic E-state index is -0.390. The molecule has 0 amide bonds. The van der Waals surface area contributed by atoms with Crippen molar-refractivity contribution in [3.8, 4) is 0 Å². The number of hydrogen-bond acceptors (Lipinski definition) is 5. The van der Waals surface area contributed by atoms with Gasteiger partial charge in [0, 0.05) is 23.4 Å². The van der Waals surface area contributed by atoms with Gasteiger partial charge in [-0.2, -0.15) is 0 Å². The molecule has 1 N–H and O–H groups in total. The molecule has 140 valence electrons. The first-order valence-corrected chi connectivity index (χ1v) is 10.7. The Balaban J connectivity index is 1.53. The van der Waals surface area contributed by atoms with Crippen LogP contribution >= 0.6 is 11.8 Å². The van der Waals surface area contributed by atoms with Crippen molar-refractivity contribution in [2.24, 2.45) is 5.92 Å². The number of aromatic nitrogens is 2. The molecule has 1 fully saturated rings. The minimum Gasteiger partial charge on any atom is -0.388 e. The number of piperidine rings is 1. The largest absolute Gasteiger partial charge is 0.388 e. The van der Waals surface area contributed by atoms with Gasteiger partial charge in [0.15, 0.2) is 0 Å². The van der Waals surface area contributed by atoms with Crippen LogP contribution in [0.4, 0.5) is 5.82 Å². The maximum absolute atomic E-state index is 10.9. The Bertz CT molecular complexity index is 938. The van der Waals surface area contributed by atoms with E-state index in [9.17, 15) is 5.11 Å². The van der Waals surface area contributed by atoms with E-state index in [4.69, 9.17) is 0 Å². The molecule has 5 heteroatoms. The molecule has 4 nitrogen and oxygen atoms in total. The van der Waals surface area contributed by atoms with E-state index in [-0.39, 0.29) is 5.92 Å². The first-order chi connectivity index (χ1) is 13.2. The number of hydrogen-bond donors (Lipinski definition) is 1. The molecule has 27 heavy (non-hydrogen) atoms. The molecular formula is C22H25N3OS. The summed E-state index contributed by atoms with van der Waals surface area (Å²) in [6, 6.07) is 14.5. The second kappa shape index (κ2) is 7.87. The van der Waals surface area contributed by atoms with E-state index in [2.05, 4.69) is 52.3 Å². The number of anilines is 1. The minimum absolute atomic E-state index is 0.289. The molecule has 0 radical (unpaired) electrons. The number of aryl methyl sites for hydroxylation is 1. The maximum Gasteiger partial charge on any atom is 0.139 e. The van der Waals surface area contributed by atoms with Gasteiger partial charge in [0.1, 0.15) is 12.1 Å². The van der Waals surface area contributed by atoms with Crippen molar-refractivity contribution in [2.75, 3.05) is 24.2 Å². The molecule has 1 atom stereocenters. The first kappa shape index (κ1) is 18.3. The van der Waals surface area contributed by atoms with Crippen LogP contribution in [0, 0.1) is 12.8 Å². The summed E-state index contributed by atoms with van der Waals surface area (Å²) < 4.78 is 0. The Morgan fingerprint density at radius 3 is 2.63 bits per heavy atom. The lowest BCUT2D eigenvalue weighted by Gasteiger charge is -2.35. The van der Waals surface area contributed by atoms with Gasteiger partial charge in [-0.3, -0.25) is 0 Å². The highest BCUT2D eigenvalue weighted by Crippen LogP contribution is 2.35. The van der Waals surface area contributed by atoms with Gasteiger partial charge in [0.05, 0.1) is 11.6 Å². The monoisotopic (exact) mass is 379 g/mol. The Labute approximate surface area is 164 Å². The number of aliphatic hydroxyl groups excluding tert-OH is 1. The lowest BCUT2D eigenvalue weighted by atomic mass is 9.86. The van der Waals surface area contributed by atoms with Gasteiger partial charge in [0.2, 0.25) is 0 Å². The highest BCUT2D eigenvalue weighted by Gasteiger charge is 2.28. The van der Waals surface area contributed by atoms with Crippen molar-refractivity contribution in [1.29, 1.82) is 0 Å². The summed E-state index contributed by atoms with van der Waals surface area (Å²) in [4.78, 5) is 12.6. The number of fused-ring (bicyclic) bond motifs is 1. The average Bonchev–Trinajstić information content (AvgIpc) is 2.73. The van der Waals surface area contributed by atoms with Crippen molar-refractivity contribution in [3.05, 3.63) is 59.9 Å². The van der Waals surface area contributed by atoms with Gasteiger partial charge in [-0.15, -0.1) is 11.8 Å². The molecule has 1 unspecified atom stereocenters. The third-order valence-corrected chi connectivity index (χ3v) is 6.34. The van der Waals surface area contributed by atoms with Gasteiger partial charge in [-0.05, 0) is 61.3 Å². The van der Waals surface area contributed by atoms with Gasteiger partial charge in [-0.25, -0.2) is 9.97 Å². The molecule has 4 rings (SSSR count). The van der Waals surface area contributed by atoms with Gasteiger partial charge < -0.3 is 10.0 Å². The predicted molar refractivity (Wildman–Crippen MR) is 112 cm³/mol. The summed E-state index contributed by atoms with van der Waals surface area (Å²) in [5, 5.41) is 12.0. The van der Waals surface area contributed by atoms with Crippen LogP contribution in [0.1, 0.15) is 30.1 Å². The van der Waals surface area contributed by atoms with E-state index in [0.29, 0.717) is 0 Å². The zero-order valence-corrected chi connectivity index (χ0v) is 16.6.